The summed E-state index contributed by atoms with van der Waals surface area (Å²) in [5.74, 6) is -0.273. The van der Waals surface area contributed by atoms with Gasteiger partial charge in [0.1, 0.15) is 0 Å². The van der Waals surface area contributed by atoms with E-state index in [1.165, 1.54) is 0 Å². The van der Waals surface area contributed by atoms with E-state index in [4.69, 9.17) is 15.3 Å². The van der Waals surface area contributed by atoms with Gasteiger partial charge in [-0.25, -0.2) is 0 Å². The van der Waals surface area contributed by atoms with Crippen molar-refractivity contribution in [3.8, 4) is 0 Å². The normalized spacial score (nSPS) is 38.9. The lowest BCUT2D eigenvalue weighted by Crippen LogP contribution is -2.25. The van der Waals surface area contributed by atoms with E-state index in [2.05, 4.69) is 0 Å². The van der Waals surface area contributed by atoms with E-state index >= 15 is 0 Å². The van der Waals surface area contributed by atoms with Crippen molar-refractivity contribution >= 4 is 0 Å². The Hall–Kier alpha value is -0.380. The molecule has 58 valence electrons. The number of rotatable bonds is 2. The molecule has 3 nitrogen and oxygen atoms in total. The van der Waals surface area contributed by atoms with E-state index in [1.54, 1.807) is 12.2 Å². The summed E-state index contributed by atoms with van der Waals surface area (Å²) in [5.41, 5.74) is 0. The van der Waals surface area contributed by atoms with Gasteiger partial charge >= 0.3 is 0 Å². The third-order valence-corrected chi connectivity index (χ3v) is 1.97. The Morgan fingerprint density at radius 2 is 1.80 bits per heavy atom. The lowest BCUT2D eigenvalue weighted by molar-refractivity contribution is 0.0687. The van der Waals surface area contributed by atoms with E-state index in [1.807, 2.05) is 0 Å². The number of aliphatic hydroxyl groups excluding tert-OH is 3. The molecule has 3 N–H and O–H groups in total. The number of aliphatic hydroxyl groups is 3. The molecule has 0 aliphatic heterocycles. The highest BCUT2D eigenvalue weighted by molar-refractivity contribution is 5.07. The summed E-state index contributed by atoms with van der Waals surface area (Å²) in [6, 6.07) is 0. The Morgan fingerprint density at radius 3 is 2.20 bits per heavy atom. The monoisotopic (exact) mass is 144 g/mol. The van der Waals surface area contributed by atoms with Crippen LogP contribution in [-0.2, 0) is 0 Å². The summed E-state index contributed by atoms with van der Waals surface area (Å²) in [6.07, 6.45) is 2.77. The van der Waals surface area contributed by atoms with Crippen molar-refractivity contribution in [3.63, 3.8) is 0 Å². The maximum Gasteiger partial charge on any atom is 0.0777 e. The second kappa shape index (κ2) is 3.14. The molecule has 1 aliphatic carbocycles. The van der Waals surface area contributed by atoms with Gasteiger partial charge in [-0.2, -0.15) is 0 Å². The van der Waals surface area contributed by atoms with E-state index in [9.17, 15) is 0 Å². The molecule has 0 bridgehead atoms. The van der Waals surface area contributed by atoms with E-state index in [0.29, 0.717) is 0 Å². The van der Waals surface area contributed by atoms with Crippen LogP contribution >= 0.6 is 0 Å². The Balaban J connectivity index is 2.53. The van der Waals surface area contributed by atoms with Gasteiger partial charge in [0.15, 0.2) is 0 Å². The number of hydrogen-bond acceptors (Lipinski definition) is 3. The van der Waals surface area contributed by atoms with Crippen LogP contribution in [0.2, 0.25) is 0 Å². The van der Waals surface area contributed by atoms with Crippen molar-refractivity contribution in [1.82, 2.24) is 0 Å². The molecule has 1 aliphatic rings. The molecule has 1 rings (SSSR count). The van der Waals surface area contributed by atoms with Crippen LogP contribution in [0.25, 0.3) is 0 Å². The summed E-state index contributed by atoms with van der Waals surface area (Å²) in [5, 5.41) is 26.6. The average molecular weight is 144 g/mol. The van der Waals surface area contributed by atoms with E-state index < -0.39 is 6.10 Å². The lowest BCUT2D eigenvalue weighted by atomic mass is 9.96. The maximum absolute atomic E-state index is 9.13. The molecule has 0 saturated heterocycles. The molecule has 0 saturated carbocycles. The average Bonchev–Trinajstić information content (AvgIpc) is 2.30. The zero-order valence-electron chi connectivity index (χ0n) is 5.64. The largest absolute Gasteiger partial charge is 0.396 e. The van der Waals surface area contributed by atoms with Gasteiger partial charge in [-0.15, -0.1) is 0 Å². The summed E-state index contributed by atoms with van der Waals surface area (Å²) in [4.78, 5) is 0. The first-order chi connectivity index (χ1) is 4.79. The summed E-state index contributed by atoms with van der Waals surface area (Å²) < 4.78 is 0. The van der Waals surface area contributed by atoms with E-state index in [0.717, 1.165) is 0 Å². The second-order valence-corrected chi connectivity index (χ2v) is 2.57. The minimum atomic E-state index is -0.581. The second-order valence-electron chi connectivity index (χ2n) is 2.57. The van der Waals surface area contributed by atoms with Crippen molar-refractivity contribution in [3.05, 3.63) is 12.2 Å². The zero-order chi connectivity index (χ0) is 7.56. The van der Waals surface area contributed by atoms with Crippen LogP contribution in [0, 0.1) is 11.8 Å². The molecule has 3 heteroatoms. The van der Waals surface area contributed by atoms with Gasteiger partial charge in [0.25, 0.3) is 0 Å². The van der Waals surface area contributed by atoms with Crippen molar-refractivity contribution in [2.24, 2.45) is 11.8 Å². The van der Waals surface area contributed by atoms with Gasteiger partial charge < -0.3 is 15.3 Å². The molecule has 3 atom stereocenters. The summed E-state index contributed by atoms with van der Waals surface area (Å²) in [6.45, 7) is -0.0712. The van der Waals surface area contributed by atoms with Crippen LogP contribution in [0.3, 0.4) is 0 Å². The maximum atomic E-state index is 9.13. The van der Waals surface area contributed by atoms with Crippen molar-refractivity contribution in [1.29, 1.82) is 0 Å². The zero-order valence-corrected chi connectivity index (χ0v) is 5.64. The lowest BCUT2D eigenvalue weighted by Gasteiger charge is -2.17. The van der Waals surface area contributed by atoms with Gasteiger partial charge in [-0.3, -0.25) is 0 Å². The first kappa shape index (κ1) is 7.72. The molecule has 0 aromatic rings. The summed E-state index contributed by atoms with van der Waals surface area (Å²) >= 11 is 0. The Bertz CT molecular complexity index is 133. The Morgan fingerprint density at radius 1 is 1.10 bits per heavy atom. The van der Waals surface area contributed by atoms with E-state index in [-0.39, 0.29) is 25.0 Å². The van der Waals surface area contributed by atoms with Gasteiger partial charge in [-0.1, -0.05) is 12.2 Å². The fourth-order valence-electron chi connectivity index (χ4n) is 1.23. The minimum Gasteiger partial charge on any atom is -0.396 e. The third kappa shape index (κ3) is 1.21. The van der Waals surface area contributed by atoms with Crippen LogP contribution in [0.5, 0.6) is 0 Å². The fourth-order valence-corrected chi connectivity index (χ4v) is 1.23. The molecule has 0 amide bonds. The van der Waals surface area contributed by atoms with Crippen LogP contribution < -0.4 is 0 Å². The van der Waals surface area contributed by atoms with Crippen LogP contribution in [-0.4, -0.2) is 34.6 Å². The SMILES string of the molecule is OC[C@@H]1C(O)C=C[C@H]1CO. The highest BCUT2D eigenvalue weighted by atomic mass is 16.3. The molecule has 0 aromatic carbocycles. The predicted molar refractivity (Wildman–Crippen MR) is 36.3 cm³/mol. The Kier molecular flexibility index (Phi) is 2.43. The molecule has 10 heavy (non-hydrogen) atoms. The molecule has 0 heterocycles. The molecule has 0 aromatic heterocycles. The van der Waals surface area contributed by atoms with Gasteiger partial charge in [0.2, 0.25) is 0 Å². The standard InChI is InChI=1S/C7H12O3/c8-3-5-1-2-7(10)6(5)4-9/h1-2,5-10H,3-4H2/t5-,6-,7?/m0/s1. The van der Waals surface area contributed by atoms with Crippen molar-refractivity contribution < 1.29 is 15.3 Å². The van der Waals surface area contributed by atoms with Crippen molar-refractivity contribution in [2.75, 3.05) is 13.2 Å². The molecule has 1 unspecified atom stereocenters. The molecular weight excluding hydrogens is 132 g/mol. The number of hydrogen-bond donors (Lipinski definition) is 3. The van der Waals surface area contributed by atoms with Gasteiger partial charge in [0, 0.05) is 25.0 Å². The molecular formula is C7H12O3. The first-order valence-corrected chi connectivity index (χ1v) is 3.37. The van der Waals surface area contributed by atoms with Crippen LogP contribution in [0.1, 0.15) is 0 Å². The quantitative estimate of drug-likeness (QED) is 0.442. The Labute approximate surface area is 59.6 Å². The van der Waals surface area contributed by atoms with Crippen LogP contribution in [0.4, 0.5) is 0 Å². The summed E-state index contributed by atoms with van der Waals surface area (Å²) in [7, 11) is 0. The highest BCUT2D eigenvalue weighted by Crippen LogP contribution is 2.24. The topological polar surface area (TPSA) is 60.7 Å². The van der Waals surface area contributed by atoms with Crippen molar-refractivity contribution in [2.45, 2.75) is 6.10 Å². The first-order valence-electron chi connectivity index (χ1n) is 3.37. The smallest absolute Gasteiger partial charge is 0.0777 e. The van der Waals surface area contributed by atoms with Gasteiger partial charge in [0.05, 0.1) is 6.10 Å². The molecule has 0 radical (unpaired) electrons. The minimum absolute atomic E-state index is 0.00120. The third-order valence-electron chi connectivity index (χ3n) is 1.97. The molecule has 0 spiro atoms. The highest BCUT2D eigenvalue weighted by Gasteiger charge is 2.28. The molecule has 0 fully saturated rings. The fraction of sp³-hybridized carbons (Fsp3) is 0.714. The van der Waals surface area contributed by atoms with Gasteiger partial charge in [-0.05, 0) is 0 Å². The predicted octanol–water partition coefficient (Wildman–Crippen LogP) is -0.866. The van der Waals surface area contributed by atoms with Crippen LogP contribution in [0.15, 0.2) is 12.2 Å².